The molecule has 2 atom stereocenters. The summed E-state index contributed by atoms with van der Waals surface area (Å²) >= 11 is 0. The van der Waals surface area contributed by atoms with E-state index in [0.29, 0.717) is 6.61 Å². The van der Waals surface area contributed by atoms with Crippen molar-refractivity contribution in [3.05, 3.63) is 29.8 Å². The average molecular weight is 247 g/mol. The lowest BCUT2D eigenvalue weighted by Gasteiger charge is -2.27. The first-order chi connectivity index (χ1) is 8.72. The molecule has 0 spiro atoms. The molecule has 18 heavy (non-hydrogen) atoms. The van der Waals surface area contributed by atoms with Crippen molar-refractivity contribution in [2.45, 2.75) is 39.2 Å². The minimum absolute atomic E-state index is 0.0880. The lowest BCUT2D eigenvalue weighted by molar-refractivity contribution is -0.125. The Morgan fingerprint density at radius 1 is 1.50 bits per heavy atom. The molecule has 1 N–H and O–H groups in total. The van der Waals surface area contributed by atoms with Gasteiger partial charge in [0.05, 0.1) is 12.6 Å². The lowest BCUT2D eigenvalue weighted by Crippen LogP contribution is -2.35. The van der Waals surface area contributed by atoms with Gasteiger partial charge in [-0.15, -0.1) is 0 Å². The standard InChI is InChI=1S/C15H21NO2/c1-3-6-11(2)15(17)16-13-9-10-18-14-8-5-4-7-12(13)14/h4-5,7-8,11,13H,3,6,9-10H2,1-2H3,(H,16,17). The highest BCUT2D eigenvalue weighted by Crippen LogP contribution is 2.31. The number of hydrogen-bond acceptors (Lipinski definition) is 2. The summed E-state index contributed by atoms with van der Waals surface area (Å²) in [5, 5.41) is 3.14. The van der Waals surface area contributed by atoms with Gasteiger partial charge in [-0.1, -0.05) is 38.5 Å². The molecule has 0 saturated heterocycles. The van der Waals surface area contributed by atoms with Crippen LogP contribution in [0.4, 0.5) is 0 Å². The second kappa shape index (κ2) is 5.89. The first-order valence-electron chi connectivity index (χ1n) is 6.74. The van der Waals surface area contributed by atoms with Gasteiger partial charge >= 0.3 is 0 Å². The number of carbonyl (C=O) groups excluding carboxylic acids is 1. The van der Waals surface area contributed by atoms with Crippen LogP contribution >= 0.6 is 0 Å². The maximum Gasteiger partial charge on any atom is 0.223 e. The molecule has 1 aliphatic heterocycles. The first-order valence-corrected chi connectivity index (χ1v) is 6.74. The summed E-state index contributed by atoms with van der Waals surface area (Å²) in [6.45, 7) is 4.77. The topological polar surface area (TPSA) is 38.3 Å². The van der Waals surface area contributed by atoms with Gasteiger partial charge in [-0.05, 0) is 12.5 Å². The molecule has 3 nitrogen and oxygen atoms in total. The molecule has 1 aromatic rings. The number of para-hydroxylation sites is 1. The van der Waals surface area contributed by atoms with Crippen LogP contribution < -0.4 is 10.1 Å². The van der Waals surface area contributed by atoms with Crippen LogP contribution in [0, 0.1) is 5.92 Å². The van der Waals surface area contributed by atoms with E-state index < -0.39 is 0 Å². The Morgan fingerprint density at radius 3 is 3.06 bits per heavy atom. The second-order valence-corrected chi connectivity index (χ2v) is 4.93. The van der Waals surface area contributed by atoms with E-state index in [1.807, 2.05) is 31.2 Å². The van der Waals surface area contributed by atoms with Crippen molar-refractivity contribution in [2.24, 2.45) is 5.92 Å². The molecule has 0 fully saturated rings. The van der Waals surface area contributed by atoms with E-state index in [2.05, 4.69) is 12.2 Å². The van der Waals surface area contributed by atoms with E-state index in [4.69, 9.17) is 4.74 Å². The normalized spacial score (nSPS) is 19.6. The second-order valence-electron chi connectivity index (χ2n) is 4.93. The van der Waals surface area contributed by atoms with Gasteiger partial charge < -0.3 is 10.1 Å². The van der Waals surface area contributed by atoms with Crippen LogP contribution in [-0.2, 0) is 4.79 Å². The van der Waals surface area contributed by atoms with E-state index in [-0.39, 0.29) is 17.9 Å². The summed E-state index contributed by atoms with van der Waals surface area (Å²) in [6.07, 6.45) is 2.83. The van der Waals surface area contributed by atoms with Crippen LogP contribution in [0.1, 0.15) is 44.7 Å². The molecule has 0 bridgehead atoms. The molecule has 0 aromatic heterocycles. The molecule has 1 aromatic carbocycles. The van der Waals surface area contributed by atoms with Gasteiger partial charge in [0.25, 0.3) is 0 Å². The Morgan fingerprint density at radius 2 is 2.28 bits per heavy atom. The molecule has 98 valence electrons. The van der Waals surface area contributed by atoms with Gasteiger partial charge in [0, 0.05) is 17.9 Å². The van der Waals surface area contributed by atoms with Crippen molar-refractivity contribution in [3.8, 4) is 5.75 Å². The fraction of sp³-hybridized carbons (Fsp3) is 0.533. The van der Waals surface area contributed by atoms with Gasteiger partial charge in [-0.2, -0.15) is 0 Å². The fourth-order valence-electron chi connectivity index (χ4n) is 2.37. The van der Waals surface area contributed by atoms with Crippen molar-refractivity contribution in [1.82, 2.24) is 5.32 Å². The van der Waals surface area contributed by atoms with Gasteiger partial charge in [0.15, 0.2) is 0 Å². The Balaban J connectivity index is 2.05. The van der Waals surface area contributed by atoms with Crippen molar-refractivity contribution in [3.63, 3.8) is 0 Å². The van der Waals surface area contributed by atoms with Gasteiger partial charge in [0.2, 0.25) is 5.91 Å². The zero-order valence-electron chi connectivity index (χ0n) is 11.1. The predicted molar refractivity (Wildman–Crippen MR) is 71.5 cm³/mol. The third kappa shape index (κ3) is 2.84. The Kier molecular flexibility index (Phi) is 4.24. The summed E-state index contributed by atoms with van der Waals surface area (Å²) in [6, 6.07) is 8.04. The van der Waals surface area contributed by atoms with Crippen LogP contribution in [0.5, 0.6) is 5.75 Å². The number of rotatable bonds is 4. The van der Waals surface area contributed by atoms with Gasteiger partial charge in [0.1, 0.15) is 5.75 Å². The average Bonchev–Trinajstić information content (AvgIpc) is 2.39. The molecular formula is C15H21NO2. The fourth-order valence-corrected chi connectivity index (χ4v) is 2.37. The molecular weight excluding hydrogens is 226 g/mol. The monoisotopic (exact) mass is 247 g/mol. The first kappa shape index (κ1) is 12.9. The number of benzene rings is 1. The molecule has 0 saturated carbocycles. The van der Waals surface area contributed by atoms with E-state index in [1.165, 1.54) is 0 Å². The smallest absolute Gasteiger partial charge is 0.223 e. The maximum absolute atomic E-state index is 12.1. The Bertz CT molecular complexity index is 417. The predicted octanol–water partition coefficient (Wildman–Crippen LogP) is 3.06. The van der Waals surface area contributed by atoms with E-state index in [0.717, 1.165) is 30.6 Å². The molecule has 1 aliphatic rings. The summed E-state index contributed by atoms with van der Waals surface area (Å²) in [4.78, 5) is 12.1. The number of amides is 1. The number of carbonyl (C=O) groups is 1. The zero-order valence-corrected chi connectivity index (χ0v) is 11.1. The number of ether oxygens (including phenoxy) is 1. The van der Waals surface area contributed by atoms with Crippen molar-refractivity contribution in [1.29, 1.82) is 0 Å². The minimum Gasteiger partial charge on any atom is -0.493 e. The van der Waals surface area contributed by atoms with Crippen LogP contribution in [0.15, 0.2) is 24.3 Å². The molecule has 1 amide bonds. The SMILES string of the molecule is CCCC(C)C(=O)NC1CCOc2ccccc21. The number of hydrogen-bond donors (Lipinski definition) is 1. The molecule has 0 aliphatic carbocycles. The minimum atomic E-state index is 0.0880. The van der Waals surface area contributed by atoms with Gasteiger partial charge in [-0.3, -0.25) is 4.79 Å². The van der Waals surface area contributed by atoms with Crippen molar-refractivity contribution < 1.29 is 9.53 Å². The van der Waals surface area contributed by atoms with Crippen molar-refractivity contribution >= 4 is 5.91 Å². The summed E-state index contributed by atoms with van der Waals surface area (Å²) in [5.74, 6) is 1.14. The highest BCUT2D eigenvalue weighted by Gasteiger charge is 2.24. The van der Waals surface area contributed by atoms with Gasteiger partial charge in [-0.25, -0.2) is 0 Å². The third-order valence-corrected chi connectivity index (χ3v) is 3.44. The Hall–Kier alpha value is -1.51. The van der Waals surface area contributed by atoms with E-state index in [1.54, 1.807) is 0 Å². The van der Waals surface area contributed by atoms with Crippen LogP contribution in [-0.4, -0.2) is 12.5 Å². The highest BCUT2D eigenvalue weighted by molar-refractivity contribution is 5.78. The van der Waals surface area contributed by atoms with E-state index in [9.17, 15) is 4.79 Å². The molecule has 1 heterocycles. The van der Waals surface area contributed by atoms with Crippen molar-refractivity contribution in [2.75, 3.05) is 6.61 Å². The van der Waals surface area contributed by atoms with Crippen LogP contribution in [0.2, 0.25) is 0 Å². The Labute approximate surface area is 109 Å². The maximum atomic E-state index is 12.1. The zero-order chi connectivity index (χ0) is 13.0. The molecule has 3 heteroatoms. The summed E-state index contributed by atoms with van der Waals surface area (Å²) in [5.41, 5.74) is 1.10. The summed E-state index contributed by atoms with van der Waals surface area (Å²) in [7, 11) is 0. The highest BCUT2D eigenvalue weighted by atomic mass is 16.5. The van der Waals surface area contributed by atoms with Crippen LogP contribution in [0.25, 0.3) is 0 Å². The molecule has 0 radical (unpaired) electrons. The summed E-state index contributed by atoms with van der Waals surface area (Å²) < 4.78 is 5.59. The quantitative estimate of drug-likeness (QED) is 0.888. The third-order valence-electron chi connectivity index (χ3n) is 3.44. The lowest BCUT2D eigenvalue weighted by atomic mass is 9.98. The number of nitrogens with one attached hydrogen (secondary N) is 1. The largest absolute Gasteiger partial charge is 0.493 e. The van der Waals surface area contributed by atoms with Crippen LogP contribution in [0.3, 0.4) is 0 Å². The van der Waals surface area contributed by atoms with E-state index >= 15 is 0 Å². The number of fused-ring (bicyclic) bond motifs is 1. The molecule has 2 unspecified atom stereocenters. The molecule has 2 rings (SSSR count).